The first-order valence-corrected chi connectivity index (χ1v) is 12.4. The Hall–Kier alpha value is -0.0800. The van der Waals surface area contributed by atoms with Crippen molar-refractivity contribution in [2.75, 3.05) is 50.0 Å². The lowest BCUT2D eigenvalue weighted by Crippen LogP contribution is -2.44. The Balaban J connectivity index is 0.00000364. The first kappa shape index (κ1) is 25.0. The highest BCUT2D eigenvalue weighted by Gasteiger charge is 2.25. The second-order valence-corrected chi connectivity index (χ2v) is 10.3. The van der Waals surface area contributed by atoms with Crippen LogP contribution in [-0.4, -0.2) is 73.8 Å². The van der Waals surface area contributed by atoms with Crippen molar-refractivity contribution in [1.29, 1.82) is 0 Å². The van der Waals surface area contributed by atoms with Gasteiger partial charge in [-0.2, -0.15) is 23.1 Å². The van der Waals surface area contributed by atoms with Crippen LogP contribution in [0.2, 0.25) is 0 Å². The van der Waals surface area contributed by atoms with E-state index in [1.54, 1.807) is 23.0 Å². The number of guanidine groups is 1. The third-order valence-electron chi connectivity index (χ3n) is 4.05. The molecule has 0 saturated carbocycles. The fourth-order valence-corrected chi connectivity index (χ4v) is 5.76. The van der Waals surface area contributed by atoms with Crippen LogP contribution < -0.4 is 10.6 Å². The smallest absolute Gasteiger partial charge is 0.215 e. The van der Waals surface area contributed by atoms with Gasteiger partial charge in [-0.25, -0.2) is 17.7 Å². The molecule has 27 heavy (non-hydrogen) atoms. The summed E-state index contributed by atoms with van der Waals surface area (Å²) < 4.78 is 26.3. The Labute approximate surface area is 187 Å². The molecule has 1 fully saturated rings. The van der Waals surface area contributed by atoms with Crippen molar-refractivity contribution in [2.24, 2.45) is 4.99 Å². The Morgan fingerprint density at radius 3 is 2.67 bits per heavy atom. The van der Waals surface area contributed by atoms with Crippen LogP contribution in [0.15, 0.2) is 21.8 Å². The maximum Gasteiger partial charge on any atom is 0.215 e. The lowest BCUT2D eigenvalue weighted by atomic mass is 10.00. The summed E-state index contributed by atoms with van der Waals surface area (Å²) in [6.07, 6.45) is 0. The zero-order valence-electron chi connectivity index (χ0n) is 15.7. The molecule has 2 rings (SSSR count). The highest BCUT2D eigenvalue weighted by molar-refractivity contribution is 14.0. The van der Waals surface area contributed by atoms with Gasteiger partial charge in [-0.15, -0.1) is 24.0 Å². The highest BCUT2D eigenvalue weighted by Crippen LogP contribution is 2.23. The Morgan fingerprint density at radius 2 is 2.07 bits per heavy atom. The molecule has 1 aromatic rings. The van der Waals surface area contributed by atoms with Crippen molar-refractivity contribution in [3.63, 3.8) is 0 Å². The van der Waals surface area contributed by atoms with E-state index in [-0.39, 0.29) is 42.8 Å². The number of aliphatic hydroxyl groups is 1. The topological polar surface area (TPSA) is 94.0 Å². The number of thiophene rings is 1. The average Bonchev–Trinajstić information content (AvgIpc) is 3.16. The summed E-state index contributed by atoms with van der Waals surface area (Å²) in [5, 5.41) is 20.5. The van der Waals surface area contributed by atoms with E-state index in [4.69, 9.17) is 0 Å². The average molecular weight is 549 g/mol. The predicted octanol–water partition coefficient (Wildman–Crippen LogP) is 1.51. The monoisotopic (exact) mass is 548 g/mol. The standard InChI is InChI=1S/C16H28N4O3S3.HI/c1-3-17-15(19-13-16(2,21)14-4-8-25-12-14)18-5-11-26(22,23)20-6-9-24-10-7-20;/h4,8,12,21H,3,5-7,9-11,13H2,1-2H3,(H2,17,18,19);1H. The summed E-state index contributed by atoms with van der Waals surface area (Å²) in [5.41, 5.74) is -0.229. The van der Waals surface area contributed by atoms with Crippen LogP contribution in [0.3, 0.4) is 0 Å². The molecule has 1 unspecified atom stereocenters. The normalized spacial score (nSPS) is 18.4. The van der Waals surface area contributed by atoms with Crippen LogP contribution in [0, 0.1) is 0 Å². The molecule has 7 nitrogen and oxygen atoms in total. The van der Waals surface area contributed by atoms with Crippen molar-refractivity contribution in [1.82, 2.24) is 14.9 Å². The fourth-order valence-electron chi connectivity index (χ4n) is 2.49. The van der Waals surface area contributed by atoms with Crippen molar-refractivity contribution in [3.05, 3.63) is 22.4 Å². The van der Waals surface area contributed by atoms with Crippen molar-refractivity contribution in [3.8, 4) is 0 Å². The zero-order valence-corrected chi connectivity index (χ0v) is 20.5. The van der Waals surface area contributed by atoms with Gasteiger partial charge in [0.1, 0.15) is 5.60 Å². The van der Waals surface area contributed by atoms with Gasteiger partial charge in [-0.1, -0.05) is 0 Å². The first-order valence-electron chi connectivity index (χ1n) is 8.68. The van der Waals surface area contributed by atoms with Crippen LogP contribution in [0.4, 0.5) is 0 Å². The van der Waals surface area contributed by atoms with Crippen molar-refractivity contribution in [2.45, 2.75) is 19.4 Å². The van der Waals surface area contributed by atoms with E-state index >= 15 is 0 Å². The quantitative estimate of drug-likeness (QED) is 0.259. The predicted molar refractivity (Wildman–Crippen MR) is 126 cm³/mol. The van der Waals surface area contributed by atoms with Gasteiger partial charge >= 0.3 is 0 Å². The largest absolute Gasteiger partial charge is 0.383 e. The summed E-state index contributed by atoms with van der Waals surface area (Å²) in [4.78, 5) is 4.41. The molecule has 1 aliphatic rings. The minimum atomic E-state index is -3.25. The summed E-state index contributed by atoms with van der Waals surface area (Å²) in [6, 6.07) is 1.88. The van der Waals surface area contributed by atoms with Gasteiger partial charge in [0.05, 0.1) is 12.3 Å². The number of halogens is 1. The molecule has 0 amide bonds. The van der Waals surface area contributed by atoms with Gasteiger partial charge in [0, 0.05) is 37.7 Å². The minimum Gasteiger partial charge on any atom is -0.383 e. The number of rotatable bonds is 8. The molecule has 0 radical (unpaired) electrons. The number of nitrogens with one attached hydrogen (secondary N) is 2. The molecular weight excluding hydrogens is 519 g/mol. The summed E-state index contributed by atoms with van der Waals surface area (Å²) in [5.74, 6) is 2.25. The van der Waals surface area contributed by atoms with Gasteiger partial charge in [-0.05, 0) is 36.2 Å². The molecule has 1 atom stereocenters. The third-order valence-corrected chi connectivity index (χ3v) is 7.55. The maximum absolute atomic E-state index is 12.4. The molecular formula is C16H29IN4O3S3. The lowest BCUT2D eigenvalue weighted by molar-refractivity contribution is 0.0677. The second-order valence-electron chi connectivity index (χ2n) is 6.24. The molecule has 0 aliphatic carbocycles. The van der Waals surface area contributed by atoms with E-state index in [2.05, 4.69) is 15.6 Å². The number of thioether (sulfide) groups is 1. The molecule has 1 aliphatic heterocycles. The van der Waals surface area contributed by atoms with Crippen LogP contribution >= 0.6 is 47.1 Å². The van der Waals surface area contributed by atoms with Crippen LogP contribution in [-0.2, 0) is 15.6 Å². The molecule has 1 saturated heterocycles. The van der Waals surface area contributed by atoms with Gasteiger partial charge in [-0.3, -0.25) is 0 Å². The summed E-state index contributed by atoms with van der Waals surface area (Å²) in [6.45, 7) is 5.96. The lowest BCUT2D eigenvalue weighted by Gasteiger charge is -2.25. The van der Waals surface area contributed by atoms with E-state index in [0.717, 1.165) is 17.1 Å². The van der Waals surface area contributed by atoms with E-state index < -0.39 is 15.6 Å². The Bertz CT molecular complexity index is 675. The second kappa shape index (κ2) is 11.8. The van der Waals surface area contributed by atoms with E-state index in [1.165, 1.54) is 11.3 Å². The number of hydrogen-bond acceptors (Lipinski definition) is 6. The fraction of sp³-hybridized carbons (Fsp3) is 0.688. The summed E-state index contributed by atoms with van der Waals surface area (Å²) in [7, 11) is -3.25. The van der Waals surface area contributed by atoms with Crippen LogP contribution in [0.1, 0.15) is 19.4 Å². The van der Waals surface area contributed by atoms with Crippen LogP contribution in [0.5, 0.6) is 0 Å². The van der Waals surface area contributed by atoms with Gasteiger partial charge in [0.15, 0.2) is 5.96 Å². The third kappa shape index (κ3) is 8.05. The SMILES string of the molecule is CCNC(=NCC(C)(O)c1ccsc1)NCCS(=O)(=O)N1CCSCC1.I. The number of aliphatic imine (C=N–C) groups is 1. The molecule has 1 aromatic heterocycles. The molecule has 3 N–H and O–H groups in total. The maximum atomic E-state index is 12.4. The minimum absolute atomic E-state index is 0. The van der Waals surface area contributed by atoms with Crippen LogP contribution in [0.25, 0.3) is 0 Å². The Kier molecular flexibility index (Phi) is 10.9. The zero-order chi connectivity index (χ0) is 19.0. The first-order chi connectivity index (χ1) is 12.3. The summed E-state index contributed by atoms with van der Waals surface area (Å²) >= 11 is 3.31. The van der Waals surface area contributed by atoms with Gasteiger partial charge in [0.2, 0.25) is 10.0 Å². The molecule has 2 heterocycles. The number of nitrogens with zero attached hydrogens (tertiary/aromatic N) is 2. The van der Waals surface area contributed by atoms with E-state index in [9.17, 15) is 13.5 Å². The highest BCUT2D eigenvalue weighted by atomic mass is 127. The molecule has 0 spiro atoms. The van der Waals surface area contributed by atoms with Gasteiger partial charge in [0.25, 0.3) is 0 Å². The van der Waals surface area contributed by atoms with E-state index in [1.807, 2.05) is 23.8 Å². The molecule has 0 aromatic carbocycles. The van der Waals surface area contributed by atoms with Crippen molar-refractivity contribution >= 4 is 63.1 Å². The molecule has 0 bridgehead atoms. The molecule has 11 heteroatoms. The van der Waals surface area contributed by atoms with Crippen molar-refractivity contribution < 1.29 is 13.5 Å². The number of hydrogen-bond donors (Lipinski definition) is 3. The van der Waals surface area contributed by atoms with Gasteiger partial charge < -0.3 is 15.7 Å². The van der Waals surface area contributed by atoms with E-state index in [0.29, 0.717) is 25.6 Å². The number of sulfonamides is 1. The molecule has 156 valence electrons. The Morgan fingerprint density at radius 1 is 1.37 bits per heavy atom.